The summed E-state index contributed by atoms with van der Waals surface area (Å²) in [5.41, 5.74) is 7.66. The molecule has 152 valence electrons. The summed E-state index contributed by atoms with van der Waals surface area (Å²) in [5, 5.41) is 7.17. The predicted octanol–water partition coefficient (Wildman–Crippen LogP) is 3.21. The smallest absolute Gasteiger partial charge is 0.231 e. The number of halogens is 1. The van der Waals surface area contributed by atoms with Gasteiger partial charge in [0.05, 0.1) is 0 Å². The van der Waals surface area contributed by atoms with Gasteiger partial charge in [-0.1, -0.05) is 28.9 Å². The first-order valence-corrected chi connectivity index (χ1v) is 9.61. The molecule has 0 aliphatic carbocycles. The molecule has 1 aromatic heterocycles. The van der Waals surface area contributed by atoms with E-state index in [1.54, 1.807) is 48.2 Å². The molecule has 0 spiro atoms. The number of allylic oxidation sites excluding steroid dienone is 1. The number of amides is 2. The second kappa shape index (κ2) is 9.38. The van der Waals surface area contributed by atoms with Crippen LogP contribution in [0.3, 0.4) is 0 Å². The van der Waals surface area contributed by atoms with Crippen LogP contribution >= 0.6 is 11.6 Å². The third-order valence-electron chi connectivity index (χ3n) is 4.23. The maximum Gasteiger partial charge on any atom is 0.231 e. The molecule has 0 atom stereocenters. The third-order valence-corrected chi connectivity index (χ3v) is 4.48. The molecule has 1 aromatic carbocycles. The lowest BCUT2D eigenvalue weighted by Crippen LogP contribution is -2.40. The van der Waals surface area contributed by atoms with Crippen LogP contribution in [0.5, 0.6) is 0 Å². The fourth-order valence-corrected chi connectivity index (χ4v) is 2.97. The molecule has 8 nitrogen and oxygen atoms in total. The van der Waals surface area contributed by atoms with Gasteiger partial charge in [0, 0.05) is 48.3 Å². The van der Waals surface area contributed by atoms with E-state index < -0.39 is 0 Å². The summed E-state index contributed by atoms with van der Waals surface area (Å²) in [6.45, 7) is 2.96. The van der Waals surface area contributed by atoms with Crippen LogP contribution in [0, 0.1) is 0 Å². The van der Waals surface area contributed by atoms with E-state index in [1.807, 2.05) is 0 Å². The number of aromatic nitrogens is 1. The van der Waals surface area contributed by atoms with Gasteiger partial charge < -0.3 is 10.3 Å². The summed E-state index contributed by atoms with van der Waals surface area (Å²) < 4.78 is 5.15. The molecule has 0 bridgehead atoms. The van der Waals surface area contributed by atoms with Gasteiger partial charge in [0.2, 0.25) is 17.7 Å². The van der Waals surface area contributed by atoms with Gasteiger partial charge in [-0.25, -0.2) is 0 Å². The molecule has 29 heavy (non-hydrogen) atoms. The summed E-state index contributed by atoms with van der Waals surface area (Å²) in [4.78, 5) is 30.6. The van der Waals surface area contributed by atoms with E-state index in [2.05, 4.69) is 15.5 Å². The van der Waals surface area contributed by atoms with Gasteiger partial charge in [0.1, 0.15) is 11.5 Å². The summed E-state index contributed by atoms with van der Waals surface area (Å²) in [6.07, 6.45) is 2.53. The fourth-order valence-electron chi connectivity index (χ4n) is 2.85. The maximum absolute atomic E-state index is 12.5. The molecule has 0 unspecified atom stereocenters. The first-order chi connectivity index (χ1) is 13.9. The van der Waals surface area contributed by atoms with Crippen molar-refractivity contribution in [3.63, 3.8) is 0 Å². The van der Waals surface area contributed by atoms with Crippen LogP contribution in [0.1, 0.15) is 26.2 Å². The van der Waals surface area contributed by atoms with E-state index in [0.29, 0.717) is 35.3 Å². The van der Waals surface area contributed by atoms with Crippen LogP contribution in [0.25, 0.3) is 11.3 Å². The average Bonchev–Trinajstić information content (AvgIpc) is 3.15. The maximum atomic E-state index is 12.5. The minimum atomic E-state index is -0.335. The number of benzene rings is 1. The minimum Gasteiger partial charge on any atom is -0.402 e. The van der Waals surface area contributed by atoms with Gasteiger partial charge in [0.15, 0.2) is 0 Å². The average molecular weight is 416 g/mol. The van der Waals surface area contributed by atoms with Gasteiger partial charge in [-0.15, -0.1) is 0 Å². The van der Waals surface area contributed by atoms with Crippen LogP contribution < -0.4 is 11.1 Å². The van der Waals surface area contributed by atoms with E-state index in [0.717, 1.165) is 12.0 Å². The molecule has 0 saturated carbocycles. The molecule has 0 saturated heterocycles. The molecule has 0 radical (unpaired) electrons. The Hall–Kier alpha value is -3.13. The lowest BCUT2D eigenvalue weighted by Gasteiger charge is -2.26. The van der Waals surface area contributed by atoms with Crippen molar-refractivity contribution in [3.8, 4) is 11.3 Å². The van der Waals surface area contributed by atoms with Crippen molar-refractivity contribution in [2.75, 3.05) is 18.4 Å². The highest BCUT2D eigenvalue weighted by atomic mass is 35.5. The zero-order chi connectivity index (χ0) is 20.8. The Bertz CT molecular complexity index is 945. The van der Waals surface area contributed by atoms with Gasteiger partial charge >= 0.3 is 0 Å². The Morgan fingerprint density at radius 3 is 2.79 bits per heavy atom. The number of hydrogen-bond acceptors (Lipinski definition) is 6. The zero-order valence-electron chi connectivity index (χ0n) is 16.0. The van der Waals surface area contributed by atoms with Crippen molar-refractivity contribution in [1.82, 2.24) is 10.1 Å². The van der Waals surface area contributed by atoms with Gasteiger partial charge in [-0.2, -0.15) is 0 Å². The Balaban J connectivity index is 1.54. The molecule has 1 aliphatic heterocycles. The Morgan fingerprint density at radius 1 is 1.31 bits per heavy atom. The molecular weight excluding hydrogens is 394 g/mol. The number of carbonyl (C=O) groups is 2. The highest BCUT2D eigenvalue weighted by molar-refractivity contribution is 6.30. The van der Waals surface area contributed by atoms with Crippen LogP contribution in [0.15, 0.2) is 51.6 Å². The van der Waals surface area contributed by atoms with Gasteiger partial charge in [-0.3, -0.25) is 24.8 Å². The number of nitrogens with two attached hydrogens (primary N) is 1. The number of amidine groups is 1. The Morgan fingerprint density at radius 2 is 2.07 bits per heavy atom. The molecule has 2 aromatic rings. The molecule has 0 fully saturated rings. The molecule has 9 heteroatoms. The van der Waals surface area contributed by atoms with Crippen molar-refractivity contribution in [2.45, 2.75) is 26.2 Å². The van der Waals surface area contributed by atoms with Crippen molar-refractivity contribution < 1.29 is 14.1 Å². The molecular formula is C20H22ClN5O3. The lowest BCUT2D eigenvalue weighted by atomic mass is 10.1. The first kappa shape index (κ1) is 20.6. The zero-order valence-corrected chi connectivity index (χ0v) is 16.8. The topological polar surface area (TPSA) is 114 Å². The number of aliphatic imine (C=N–C) groups is 1. The first-order valence-electron chi connectivity index (χ1n) is 9.23. The van der Waals surface area contributed by atoms with Gasteiger partial charge in [0.25, 0.3) is 0 Å². The van der Waals surface area contributed by atoms with Crippen LogP contribution in [-0.2, 0) is 9.59 Å². The summed E-state index contributed by atoms with van der Waals surface area (Å²) >= 11 is 5.87. The molecule has 3 rings (SSSR count). The number of carbonyl (C=O) groups excluding carboxylic acids is 2. The minimum absolute atomic E-state index is 0.0188. The normalized spacial score (nSPS) is 14.5. The predicted molar refractivity (Wildman–Crippen MR) is 111 cm³/mol. The summed E-state index contributed by atoms with van der Waals surface area (Å²) in [7, 11) is 0. The third kappa shape index (κ3) is 5.68. The highest BCUT2D eigenvalue weighted by Gasteiger charge is 2.21. The highest BCUT2D eigenvalue weighted by Crippen LogP contribution is 2.23. The van der Waals surface area contributed by atoms with E-state index in [1.165, 1.54) is 0 Å². The van der Waals surface area contributed by atoms with Crippen molar-refractivity contribution in [3.05, 3.63) is 47.1 Å². The van der Waals surface area contributed by atoms with Crippen LogP contribution in [-0.4, -0.2) is 40.8 Å². The number of anilines is 1. The SMILES string of the molecule is CC(N)=CC1=NCCCN1C(=O)CCC(=O)Nc1cc(-c2ccc(Cl)cc2)no1. The lowest BCUT2D eigenvalue weighted by molar-refractivity contribution is -0.129. The molecule has 2 amide bonds. The second-order valence-electron chi connectivity index (χ2n) is 6.66. The Labute approximate surface area is 173 Å². The number of hydrogen-bond donors (Lipinski definition) is 2. The van der Waals surface area contributed by atoms with Crippen molar-refractivity contribution in [2.24, 2.45) is 10.7 Å². The van der Waals surface area contributed by atoms with E-state index in [4.69, 9.17) is 21.9 Å². The van der Waals surface area contributed by atoms with Gasteiger partial charge in [-0.05, 0) is 31.6 Å². The quantitative estimate of drug-likeness (QED) is 0.751. The number of rotatable bonds is 6. The fraction of sp³-hybridized carbons (Fsp3) is 0.300. The monoisotopic (exact) mass is 415 g/mol. The van der Waals surface area contributed by atoms with E-state index >= 15 is 0 Å². The van der Waals surface area contributed by atoms with Crippen LogP contribution in [0.2, 0.25) is 5.02 Å². The number of nitrogens with zero attached hydrogens (tertiary/aromatic N) is 3. The largest absolute Gasteiger partial charge is 0.402 e. The summed E-state index contributed by atoms with van der Waals surface area (Å²) in [5.74, 6) is 0.257. The van der Waals surface area contributed by atoms with E-state index in [-0.39, 0.29) is 30.5 Å². The standard InChI is InChI=1S/C20H22ClN5O3/c1-13(22)11-17-23-9-2-10-26(17)20(28)8-7-18(27)24-19-12-16(25-29-19)14-3-5-15(21)6-4-14/h3-6,11-12H,2,7-10,22H2,1H3,(H,24,27). The molecule has 3 N–H and O–H groups in total. The Kier molecular flexibility index (Phi) is 6.66. The summed E-state index contributed by atoms with van der Waals surface area (Å²) in [6, 6.07) is 8.72. The van der Waals surface area contributed by atoms with Crippen molar-refractivity contribution in [1.29, 1.82) is 0 Å². The molecule has 1 aliphatic rings. The van der Waals surface area contributed by atoms with E-state index in [9.17, 15) is 9.59 Å². The van der Waals surface area contributed by atoms with Crippen molar-refractivity contribution >= 4 is 35.1 Å². The number of nitrogens with one attached hydrogen (secondary N) is 1. The molecule has 2 heterocycles. The second-order valence-corrected chi connectivity index (χ2v) is 7.10. The van der Waals surface area contributed by atoms with Crippen LogP contribution in [0.4, 0.5) is 5.88 Å².